The van der Waals surface area contributed by atoms with Gasteiger partial charge in [-0.25, -0.2) is 9.97 Å². The van der Waals surface area contributed by atoms with Gasteiger partial charge in [-0.2, -0.15) is 0 Å². The maximum atomic E-state index is 5.92. The Kier molecular flexibility index (Phi) is 4.71. The van der Waals surface area contributed by atoms with Crippen molar-refractivity contribution < 1.29 is 4.74 Å². The zero-order valence-electron chi connectivity index (χ0n) is 12.1. The molecule has 1 aromatic rings. The molecule has 5 nitrogen and oxygen atoms in total. The van der Waals surface area contributed by atoms with Gasteiger partial charge in [-0.1, -0.05) is 6.92 Å². The molecule has 1 aliphatic rings. The molecule has 5 heteroatoms. The van der Waals surface area contributed by atoms with Crippen molar-refractivity contribution in [3.63, 3.8) is 0 Å². The molecule has 0 spiro atoms. The molecule has 1 aromatic heterocycles. The first-order valence-corrected chi connectivity index (χ1v) is 7.02. The van der Waals surface area contributed by atoms with Crippen LogP contribution in [0.15, 0.2) is 6.07 Å². The van der Waals surface area contributed by atoms with Crippen LogP contribution < -0.4 is 10.6 Å². The summed E-state index contributed by atoms with van der Waals surface area (Å²) in [5.74, 6) is 1.84. The number of hydrogen-bond acceptors (Lipinski definition) is 5. The smallest absolute Gasteiger partial charge is 0.132 e. The number of piperidine rings is 1. The van der Waals surface area contributed by atoms with Gasteiger partial charge in [0.2, 0.25) is 0 Å². The minimum absolute atomic E-state index is 0.303. The zero-order valence-corrected chi connectivity index (χ0v) is 12.1. The molecule has 1 fully saturated rings. The summed E-state index contributed by atoms with van der Waals surface area (Å²) in [6.45, 7) is 5.63. The normalized spacial score (nSPS) is 23.7. The van der Waals surface area contributed by atoms with E-state index in [9.17, 15) is 0 Å². The molecule has 2 heterocycles. The van der Waals surface area contributed by atoms with Crippen LogP contribution in [0, 0.1) is 6.92 Å². The summed E-state index contributed by atoms with van der Waals surface area (Å²) in [5, 5.41) is 0. The van der Waals surface area contributed by atoms with Crippen molar-refractivity contribution in [2.24, 2.45) is 5.73 Å². The number of aromatic nitrogens is 2. The van der Waals surface area contributed by atoms with Crippen LogP contribution in [0.25, 0.3) is 0 Å². The molecule has 0 saturated carbocycles. The molecule has 0 bridgehead atoms. The summed E-state index contributed by atoms with van der Waals surface area (Å²) in [4.78, 5) is 11.3. The lowest BCUT2D eigenvalue weighted by molar-refractivity contribution is 0.0708. The van der Waals surface area contributed by atoms with Crippen molar-refractivity contribution in [3.8, 4) is 0 Å². The molecule has 0 radical (unpaired) electrons. The van der Waals surface area contributed by atoms with Gasteiger partial charge in [0.05, 0.1) is 6.10 Å². The molecule has 2 rings (SSSR count). The summed E-state index contributed by atoms with van der Waals surface area (Å²) < 4.78 is 5.46. The quantitative estimate of drug-likeness (QED) is 0.887. The molecule has 2 unspecified atom stereocenters. The second kappa shape index (κ2) is 6.30. The van der Waals surface area contributed by atoms with E-state index in [2.05, 4.69) is 27.9 Å². The SMILES string of the molecule is CCc1cc(N2CCC(OC)CC2CN)nc(C)n1. The lowest BCUT2D eigenvalue weighted by Gasteiger charge is -2.39. The molecular weight excluding hydrogens is 240 g/mol. The monoisotopic (exact) mass is 264 g/mol. The van der Waals surface area contributed by atoms with Crippen molar-refractivity contribution in [1.29, 1.82) is 0 Å². The highest BCUT2D eigenvalue weighted by molar-refractivity contribution is 5.42. The first-order chi connectivity index (χ1) is 9.17. The Balaban J connectivity index is 2.22. The number of anilines is 1. The average Bonchev–Trinajstić information content (AvgIpc) is 2.45. The Morgan fingerprint density at radius 3 is 2.89 bits per heavy atom. The molecule has 19 heavy (non-hydrogen) atoms. The Morgan fingerprint density at radius 1 is 1.47 bits per heavy atom. The molecular formula is C14H24N4O. The third kappa shape index (κ3) is 3.22. The van der Waals surface area contributed by atoms with Crippen molar-refractivity contribution in [3.05, 3.63) is 17.6 Å². The molecule has 106 valence electrons. The van der Waals surface area contributed by atoms with Gasteiger partial charge >= 0.3 is 0 Å². The Labute approximate surface area is 115 Å². The van der Waals surface area contributed by atoms with Crippen molar-refractivity contribution >= 4 is 5.82 Å². The van der Waals surface area contributed by atoms with Gasteiger partial charge in [-0.3, -0.25) is 0 Å². The van der Waals surface area contributed by atoms with E-state index in [0.29, 0.717) is 18.7 Å². The van der Waals surface area contributed by atoms with Crippen LogP contribution in [-0.2, 0) is 11.2 Å². The second-order valence-corrected chi connectivity index (χ2v) is 5.08. The van der Waals surface area contributed by atoms with Crippen LogP contribution in [0.4, 0.5) is 5.82 Å². The summed E-state index contributed by atoms with van der Waals surface area (Å²) in [6, 6.07) is 2.39. The number of nitrogens with zero attached hydrogens (tertiary/aromatic N) is 3. The number of ether oxygens (including phenoxy) is 1. The van der Waals surface area contributed by atoms with Gasteiger partial charge < -0.3 is 15.4 Å². The number of methoxy groups -OCH3 is 1. The predicted octanol–water partition coefficient (Wildman–Crippen LogP) is 1.29. The van der Waals surface area contributed by atoms with Crippen LogP contribution >= 0.6 is 0 Å². The standard InChI is InChI=1S/C14H24N4O/c1-4-11-7-14(17-10(2)16-11)18-6-5-13(19-3)8-12(18)9-15/h7,12-13H,4-6,8-9,15H2,1-3H3. The van der Waals surface area contributed by atoms with E-state index < -0.39 is 0 Å². The lowest BCUT2D eigenvalue weighted by atomic mass is 9.99. The van der Waals surface area contributed by atoms with Crippen molar-refractivity contribution in [1.82, 2.24) is 9.97 Å². The number of aryl methyl sites for hydroxylation is 2. The molecule has 0 amide bonds. The van der Waals surface area contributed by atoms with Crippen LogP contribution in [0.5, 0.6) is 0 Å². The Morgan fingerprint density at radius 2 is 2.26 bits per heavy atom. The third-order valence-electron chi connectivity index (χ3n) is 3.81. The molecule has 0 aromatic carbocycles. The van der Waals surface area contributed by atoms with E-state index in [1.54, 1.807) is 7.11 Å². The zero-order chi connectivity index (χ0) is 13.8. The average molecular weight is 264 g/mol. The van der Waals surface area contributed by atoms with E-state index >= 15 is 0 Å². The highest BCUT2D eigenvalue weighted by Crippen LogP contribution is 2.25. The third-order valence-corrected chi connectivity index (χ3v) is 3.81. The number of nitrogens with two attached hydrogens (primary N) is 1. The minimum Gasteiger partial charge on any atom is -0.381 e. The fraction of sp³-hybridized carbons (Fsp3) is 0.714. The predicted molar refractivity (Wildman–Crippen MR) is 76.4 cm³/mol. The molecule has 0 aliphatic carbocycles. The summed E-state index contributed by atoms with van der Waals surface area (Å²) in [7, 11) is 1.78. The van der Waals surface area contributed by atoms with E-state index in [-0.39, 0.29) is 0 Å². The van der Waals surface area contributed by atoms with E-state index in [4.69, 9.17) is 10.5 Å². The fourth-order valence-corrected chi connectivity index (χ4v) is 2.69. The van der Waals surface area contributed by atoms with Crippen LogP contribution in [0.1, 0.15) is 31.3 Å². The topological polar surface area (TPSA) is 64.3 Å². The van der Waals surface area contributed by atoms with Gasteiger partial charge in [0.1, 0.15) is 11.6 Å². The maximum absolute atomic E-state index is 5.92. The molecule has 2 N–H and O–H groups in total. The summed E-state index contributed by atoms with van der Waals surface area (Å²) in [5.41, 5.74) is 7.01. The van der Waals surface area contributed by atoms with E-state index in [1.807, 2.05) is 6.92 Å². The van der Waals surface area contributed by atoms with Crippen molar-refractivity contribution in [2.45, 2.75) is 45.3 Å². The lowest BCUT2D eigenvalue weighted by Crippen LogP contribution is -2.49. The van der Waals surface area contributed by atoms with Gasteiger partial charge in [0.25, 0.3) is 0 Å². The highest BCUT2D eigenvalue weighted by atomic mass is 16.5. The summed E-state index contributed by atoms with van der Waals surface area (Å²) >= 11 is 0. The van der Waals surface area contributed by atoms with Crippen molar-refractivity contribution in [2.75, 3.05) is 25.1 Å². The van der Waals surface area contributed by atoms with Crippen LogP contribution in [-0.4, -0.2) is 42.3 Å². The maximum Gasteiger partial charge on any atom is 0.132 e. The number of hydrogen-bond donors (Lipinski definition) is 1. The second-order valence-electron chi connectivity index (χ2n) is 5.08. The van der Waals surface area contributed by atoms with Gasteiger partial charge in [0, 0.05) is 38.0 Å². The van der Waals surface area contributed by atoms with Gasteiger partial charge in [0.15, 0.2) is 0 Å². The van der Waals surface area contributed by atoms with Gasteiger partial charge in [-0.15, -0.1) is 0 Å². The minimum atomic E-state index is 0.303. The van der Waals surface area contributed by atoms with E-state index in [1.165, 1.54) is 0 Å². The molecule has 2 atom stereocenters. The van der Waals surface area contributed by atoms with E-state index in [0.717, 1.165) is 43.1 Å². The number of rotatable bonds is 4. The van der Waals surface area contributed by atoms with Gasteiger partial charge in [-0.05, 0) is 26.2 Å². The summed E-state index contributed by atoms with van der Waals surface area (Å²) in [6.07, 6.45) is 3.24. The Hall–Kier alpha value is -1.20. The highest BCUT2D eigenvalue weighted by Gasteiger charge is 2.28. The fourth-order valence-electron chi connectivity index (χ4n) is 2.69. The first-order valence-electron chi connectivity index (χ1n) is 7.02. The van der Waals surface area contributed by atoms with Crippen LogP contribution in [0.2, 0.25) is 0 Å². The Bertz CT molecular complexity index is 424. The van der Waals surface area contributed by atoms with Crippen LogP contribution in [0.3, 0.4) is 0 Å². The largest absolute Gasteiger partial charge is 0.381 e. The molecule has 1 aliphatic heterocycles. The first kappa shape index (κ1) is 14.2. The molecule has 1 saturated heterocycles.